The molecule has 0 saturated heterocycles. The van der Waals surface area contributed by atoms with Crippen LogP contribution >= 0.6 is 0 Å². The zero-order valence-electron chi connectivity index (χ0n) is 11.1. The van der Waals surface area contributed by atoms with Crippen LogP contribution in [0, 0.1) is 5.41 Å². The molecule has 0 nitrogen and oxygen atoms in total. The molecule has 80 valence electrons. The van der Waals surface area contributed by atoms with Gasteiger partial charge in [-0.1, -0.05) is 60.5 Å². The van der Waals surface area contributed by atoms with Crippen molar-refractivity contribution in [2.24, 2.45) is 5.41 Å². The van der Waals surface area contributed by atoms with Gasteiger partial charge in [0.2, 0.25) is 0 Å². The van der Waals surface area contributed by atoms with E-state index in [9.17, 15) is 0 Å². The summed E-state index contributed by atoms with van der Waals surface area (Å²) in [6, 6.07) is 0. The molecule has 0 aromatic heterocycles. The molecule has 0 aliphatic carbocycles. The largest absolute Gasteiger partial charge is 0.163 e. The molecule has 0 aliphatic heterocycles. The van der Waals surface area contributed by atoms with Gasteiger partial charge in [0.05, 0.1) is 0 Å². The van der Waals surface area contributed by atoms with Gasteiger partial charge in [-0.3, -0.25) is 0 Å². The summed E-state index contributed by atoms with van der Waals surface area (Å²) in [5.41, 5.74) is 1.96. The molecule has 0 radical (unpaired) electrons. The fourth-order valence-corrected chi connectivity index (χ4v) is 1.54. The van der Waals surface area contributed by atoms with Crippen molar-refractivity contribution in [3.63, 3.8) is 0 Å². The van der Waals surface area contributed by atoms with E-state index >= 15 is 0 Å². The average Bonchev–Trinajstić information content (AvgIpc) is 1.94. The molecule has 0 fully saturated rings. The van der Waals surface area contributed by atoms with Crippen molar-refractivity contribution < 1.29 is 0 Å². The van der Waals surface area contributed by atoms with Gasteiger partial charge in [0.1, 0.15) is 6.71 Å². The molecule has 0 bridgehead atoms. The molecule has 0 spiro atoms. The Morgan fingerprint density at radius 1 is 1.07 bits per heavy atom. The van der Waals surface area contributed by atoms with Crippen LogP contribution in [0.3, 0.4) is 0 Å². The van der Waals surface area contributed by atoms with Crippen molar-refractivity contribution in [2.75, 3.05) is 0 Å². The highest BCUT2D eigenvalue weighted by atomic mass is 14.1. The van der Waals surface area contributed by atoms with Gasteiger partial charge < -0.3 is 0 Å². The Morgan fingerprint density at radius 3 is 1.86 bits per heavy atom. The molecule has 0 rings (SSSR count). The second-order valence-corrected chi connectivity index (χ2v) is 6.17. The normalized spacial score (nSPS) is 12.9. The minimum absolute atomic E-state index is 0.330. The average molecular weight is 192 g/mol. The highest BCUT2D eigenvalue weighted by Gasteiger charge is 2.13. The highest BCUT2D eigenvalue weighted by molar-refractivity contribution is 6.64. The van der Waals surface area contributed by atoms with Gasteiger partial charge in [0, 0.05) is 0 Å². The molecule has 0 aromatic rings. The third-order valence-corrected chi connectivity index (χ3v) is 2.37. The SMILES string of the molecule is CB(C)CC/C(=C/C(C)(C)C)B(C)C. The molecule has 0 unspecified atom stereocenters. The maximum atomic E-state index is 2.46. The first-order valence-corrected chi connectivity index (χ1v) is 5.94. The first-order valence-electron chi connectivity index (χ1n) is 5.94. The monoisotopic (exact) mass is 192 g/mol. The van der Waals surface area contributed by atoms with Crippen molar-refractivity contribution in [3.05, 3.63) is 11.5 Å². The number of hydrogen-bond donors (Lipinski definition) is 0. The molecular weight excluding hydrogens is 166 g/mol. The lowest BCUT2D eigenvalue weighted by Crippen LogP contribution is -2.13. The Balaban J connectivity index is 4.38. The van der Waals surface area contributed by atoms with Crippen LogP contribution in [-0.2, 0) is 0 Å². The second kappa shape index (κ2) is 5.68. The zero-order chi connectivity index (χ0) is 11.4. The van der Waals surface area contributed by atoms with Gasteiger partial charge in [-0.2, -0.15) is 0 Å². The van der Waals surface area contributed by atoms with Gasteiger partial charge in [-0.25, -0.2) is 0 Å². The molecule has 0 aliphatic rings. The molecular formula is C12H26B2. The third-order valence-electron chi connectivity index (χ3n) is 2.37. The van der Waals surface area contributed by atoms with Crippen LogP contribution in [-0.4, -0.2) is 13.4 Å². The Labute approximate surface area is 91.7 Å². The Hall–Kier alpha value is -0.130. The lowest BCUT2D eigenvalue weighted by Gasteiger charge is -2.18. The summed E-state index contributed by atoms with van der Waals surface area (Å²) in [5, 5.41) is 0. The lowest BCUT2D eigenvalue weighted by atomic mass is 9.43. The highest BCUT2D eigenvalue weighted by Crippen LogP contribution is 2.22. The topological polar surface area (TPSA) is 0 Å². The standard InChI is InChI=1S/C12H26B2/c1-12(2,3)10-11(14(6)7)8-9-13(4)5/h10H,8-9H2,1-7H3/b11-10-. The predicted octanol–water partition coefficient (Wildman–Crippen LogP) is 4.40. The van der Waals surface area contributed by atoms with Crippen molar-refractivity contribution in [3.8, 4) is 0 Å². The number of hydrogen-bond acceptors (Lipinski definition) is 0. The van der Waals surface area contributed by atoms with Crippen LogP contribution in [0.4, 0.5) is 0 Å². The molecule has 14 heavy (non-hydrogen) atoms. The molecule has 0 amide bonds. The van der Waals surface area contributed by atoms with E-state index in [1.165, 1.54) is 12.7 Å². The maximum absolute atomic E-state index is 2.46. The van der Waals surface area contributed by atoms with Crippen LogP contribution in [0.1, 0.15) is 27.2 Å². The lowest BCUT2D eigenvalue weighted by molar-refractivity contribution is 0.540. The van der Waals surface area contributed by atoms with E-state index in [0.29, 0.717) is 12.1 Å². The summed E-state index contributed by atoms with van der Waals surface area (Å²) in [6.07, 6.45) is 5.05. The molecule has 0 heterocycles. The smallest absolute Gasteiger partial charge is 0.106 e. The third kappa shape index (κ3) is 7.29. The Morgan fingerprint density at radius 2 is 1.57 bits per heavy atom. The first kappa shape index (κ1) is 13.9. The minimum atomic E-state index is 0.330. The van der Waals surface area contributed by atoms with Crippen molar-refractivity contribution in [1.82, 2.24) is 0 Å². The minimum Gasteiger partial charge on any atom is -0.106 e. The summed E-state index contributed by atoms with van der Waals surface area (Å²) in [5.74, 6) is 0. The number of allylic oxidation sites excluding steroid dienone is 2. The number of rotatable bonds is 4. The maximum Gasteiger partial charge on any atom is 0.163 e. The molecule has 0 N–H and O–H groups in total. The summed E-state index contributed by atoms with van der Waals surface area (Å²) in [7, 11) is 0. The van der Waals surface area contributed by atoms with Crippen LogP contribution < -0.4 is 0 Å². The van der Waals surface area contributed by atoms with E-state index in [1.54, 1.807) is 5.47 Å². The van der Waals surface area contributed by atoms with Gasteiger partial charge in [-0.15, -0.1) is 5.47 Å². The van der Waals surface area contributed by atoms with Crippen molar-refractivity contribution >= 4 is 13.4 Å². The van der Waals surface area contributed by atoms with Crippen LogP contribution in [0.25, 0.3) is 0 Å². The summed E-state index contributed by atoms with van der Waals surface area (Å²) in [6.45, 7) is 17.6. The van der Waals surface area contributed by atoms with E-state index in [4.69, 9.17) is 0 Å². The first-order chi connectivity index (χ1) is 6.22. The van der Waals surface area contributed by atoms with Crippen LogP contribution in [0.15, 0.2) is 11.5 Å². The van der Waals surface area contributed by atoms with E-state index < -0.39 is 0 Å². The quantitative estimate of drug-likeness (QED) is 0.579. The summed E-state index contributed by atoms with van der Waals surface area (Å²) < 4.78 is 0. The van der Waals surface area contributed by atoms with Gasteiger partial charge >= 0.3 is 0 Å². The Kier molecular flexibility index (Phi) is 5.63. The summed E-state index contributed by atoms with van der Waals surface area (Å²) >= 11 is 0. The van der Waals surface area contributed by atoms with E-state index in [2.05, 4.69) is 54.1 Å². The van der Waals surface area contributed by atoms with E-state index in [1.807, 2.05) is 0 Å². The van der Waals surface area contributed by atoms with Gasteiger partial charge in [0.25, 0.3) is 0 Å². The molecule has 0 saturated carbocycles. The molecule has 2 heteroatoms. The van der Waals surface area contributed by atoms with Crippen LogP contribution in [0.5, 0.6) is 0 Å². The molecule has 0 aromatic carbocycles. The van der Waals surface area contributed by atoms with Gasteiger partial charge in [0.15, 0.2) is 6.71 Å². The predicted molar refractivity (Wildman–Crippen MR) is 71.9 cm³/mol. The summed E-state index contributed by atoms with van der Waals surface area (Å²) in [4.78, 5) is 0. The second-order valence-electron chi connectivity index (χ2n) is 6.17. The Bertz CT molecular complexity index is 185. The molecule has 0 atom stereocenters. The van der Waals surface area contributed by atoms with Gasteiger partial charge in [-0.05, 0) is 11.8 Å². The van der Waals surface area contributed by atoms with E-state index in [-0.39, 0.29) is 0 Å². The fourth-order valence-electron chi connectivity index (χ4n) is 1.54. The van der Waals surface area contributed by atoms with Crippen molar-refractivity contribution in [1.29, 1.82) is 0 Å². The zero-order valence-corrected chi connectivity index (χ0v) is 11.1. The van der Waals surface area contributed by atoms with E-state index in [0.717, 1.165) is 6.71 Å². The van der Waals surface area contributed by atoms with Crippen molar-refractivity contribution in [2.45, 2.75) is 60.8 Å². The fraction of sp³-hybridized carbons (Fsp3) is 0.833. The van der Waals surface area contributed by atoms with Crippen LogP contribution in [0.2, 0.25) is 33.6 Å².